The number of nitrogens with zero attached hydrogens (tertiary/aromatic N) is 6. The van der Waals surface area contributed by atoms with Gasteiger partial charge < -0.3 is 9.15 Å². The Kier molecular flexibility index (Phi) is 12.1. The van der Waals surface area contributed by atoms with Gasteiger partial charge in [0, 0.05) is 73.9 Å². The van der Waals surface area contributed by atoms with E-state index in [0.29, 0.717) is 29.1 Å². The average Bonchev–Trinajstić information content (AvgIpc) is 2.17. The van der Waals surface area contributed by atoms with Gasteiger partial charge in [-0.15, -0.1) is 0 Å². The quantitative estimate of drug-likeness (QED) is 0.141. The zero-order chi connectivity index (χ0) is 56.7. The first-order chi connectivity index (χ1) is 42.6. The fraction of sp³-hybridized carbons (Fsp3) is 0.128. The number of hydrogen-bond acceptors (Lipinski definition) is 8. The summed E-state index contributed by atoms with van der Waals surface area (Å²) in [5.74, 6) is 6.32. The number of furan rings is 1. The highest BCUT2D eigenvalue weighted by Crippen LogP contribution is 2.56. The molecular weight excluding hydrogens is 1050 g/mol. The van der Waals surface area contributed by atoms with E-state index in [1.54, 1.807) is 0 Å². The number of benzene rings is 7. The molecule has 3 aromatic heterocycles. The number of allylic oxidation sites excluding steroid dienone is 15. The lowest BCUT2D eigenvalue weighted by Gasteiger charge is -2.38. The number of hydrogen-bond donors (Lipinski definition) is 0. The minimum Gasteiger partial charge on any atom is -0.488 e. The predicted octanol–water partition coefficient (Wildman–Crippen LogP) is 17.8. The summed E-state index contributed by atoms with van der Waals surface area (Å²) in [5, 5.41) is 1.10. The van der Waals surface area contributed by atoms with E-state index >= 15 is 0 Å². The molecule has 6 aliphatic carbocycles. The predicted molar refractivity (Wildman–Crippen MR) is 343 cm³/mol. The van der Waals surface area contributed by atoms with Crippen LogP contribution in [0.5, 0.6) is 5.75 Å². The highest BCUT2D eigenvalue weighted by Gasteiger charge is 2.47. The Hall–Kier alpha value is -10.4. The first-order valence-corrected chi connectivity index (χ1v) is 30.0. The maximum atomic E-state index is 7.22. The van der Waals surface area contributed by atoms with Gasteiger partial charge in [0.15, 0.2) is 29.1 Å². The molecule has 7 aromatic carbocycles. The summed E-state index contributed by atoms with van der Waals surface area (Å²) in [6.07, 6.45) is 34.5. The van der Waals surface area contributed by atoms with E-state index < -0.39 is 0 Å². The van der Waals surface area contributed by atoms with E-state index in [4.69, 9.17) is 39.1 Å². The molecule has 0 amide bonds. The monoisotopic (exact) mass is 1110 g/mol. The molecule has 0 spiro atoms. The maximum absolute atomic E-state index is 7.22. The van der Waals surface area contributed by atoms with Gasteiger partial charge in [0.05, 0.1) is 5.92 Å². The van der Waals surface area contributed by atoms with Gasteiger partial charge in [-0.25, -0.2) is 29.9 Å². The normalized spacial score (nSPS) is 21.8. The van der Waals surface area contributed by atoms with Crippen LogP contribution < -0.4 is 4.74 Å². The van der Waals surface area contributed by atoms with Crippen LogP contribution in [0.3, 0.4) is 0 Å². The van der Waals surface area contributed by atoms with Crippen LogP contribution in [0.15, 0.2) is 265 Å². The second-order valence-corrected chi connectivity index (χ2v) is 23.4. The summed E-state index contributed by atoms with van der Waals surface area (Å²) in [6.45, 7) is 0. The van der Waals surface area contributed by atoms with Crippen molar-refractivity contribution in [1.29, 1.82) is 0 Å². The molecule has 0 fully saturated rings. The minimum atomic E-state index is -0.131. The molecule has 0 bridgehead atoms. The SMILES string of the molecule is C1=CCC(c2nc(-c3ccccc3)nc(-c3ccc4c(c3)OC3C4C(c4ccccc4)=CC4C=C(c5cccc(-c6nc(-c7ccccc7)nc(-c7ccc8c9c(oc8c7)C7C=CC=CC7C=C9C7=Cc8ccccc8CC7)n6)c5)C=CC43)n2)C=C1. The van der Waals surface area contributed by atoms with Gasteiger partial charge in [0.1, 0.15) is 29.0 Å². The lowest BCUT2D eigenvalue weighted by atomic mass is 9.67. The molecule has 0 N–H and O–H groups in total. The average molecular weight is 1110 g/mol. The maximum Gasteiger partial charge on any atom is 0.164 e. The molecule has 8 heteroatoms. The van der Waals surface area contributed by atoms with Gasteiger partial charge in [-0.1, -0.05) is 237 Å². The fourth-order valence-electron chi connectivity index (χ4n) is 14.0. The third-order valence-electron chi connectivity index (χ3n) is 18.3. The van der Waals surface area contributed by atoms with Crippen LogP contribution in [-0.2, 0) is 6.42 Å². The van der Waals surface area contributed by atoms with Crippen LogP contribution in [0.25, 0.3) is 90.7 Å². The molecule has 410 valence electrons. The van der Waals surface area contributed by atoms with E-state index in [1.165, 1.54) is 44.5 Å². The lowest BCUT2D eigenvalue weighted by molar-refractivity contribution is 0.153. The van der Waals surface area contributed by atoms with Crippen molar-refractivity contribution < 1.29 is 9.15 Å². The Morgan fingerprint density at radius 1 is 0.477 bits per heavy atom. The number of fused-ring (bicyclic) bond motifs is 11. The van der Waals surface area contributed by atoms with Gasteiger partial charge in [-0.05, 0) is 88.1 Å². The van der Waals surface area contributed by atoms with Crippen molar-refractivity contribution in [3.05, 3.63) is 305 Å². The van der Waals surface area contributed by atoms with Crippen LogP contribution in [0, 0.1) is 17.8 Å². The summed E-state index contributed by atoms with van der Waals surface area (Å²) in [6, 6.07) is 61.6. The largest absolute Gasteiger partial charge is 0.488 e. The first-order valence-electron chi connectivity index (χ1n) is 30.0. The zero-order valence-electron chi connectivity index (χ0n) is 47.0. The van der Waals surface area contributed by atoms with E-state index in [1.807, 2.05) is 36.4 Å². The molecule has 7 aliphatic rings. The van der Waals surface area contributed by atoms with Crippen LogP contribution in [0.4, 0.5) is 0 Å². The molecule has 8 nitrogen and oxygen atoms in total. The molecule has 7 unspecified atom stereocenters. The standard InChI is InChI=1S/C78H56N6O2/c1-5-19-48(20-6-1)65-44-60-42-54(34-37-62(60)72-69(65)63-38-35-58(45-67(63)86-72)77-81-73(49-21-7-2-8-22-49)79-74(82-77)50-23-9-3-10-24-50)53-29-17-30-57(41-53)76-80-75(51-25-11-4-12-26-51)83-78(84-76)59-36-39-64-68(46-59)85-71-61-31-16-15-28-55(61)43-66(70(64)71)56-33-32-47-18-13-14-27-52(47)40-56/h1-23,25-31,34-46,50,55,60-62,69,72H,24,32-33H2. The van der Waals surface area contributed by atoms with Crippen molar-refractivity contribution in [3.63, 3.8) is 0 Å². The van der Waals surface area contributed by atoms with Gasteiger partial charge in [-0.2, -0.15) is 0 Å². The van der Waals surface area contributed by atoms with Crippen LogP contribution in [-0.4, -0.2) is 36.0 Å². The Balaban J connectivity index is 0.707. The van der Waals surface area contributed by atoms with Gasteiger partial charge in [0.2, 0.25) is 0 Å². The Bertz CT molecular complexity index is 4690. The summed E-state index contributed by atoms with van der Waals surface area (Å²) in [5.41, 5.74) is 17.7. The third kappa shape index (κ3) is 8.82. The van der Waals surface area contributed by atoms with Gasteiger partial charge in [-0.3, -0.25) is 0 Å². The molecule has 0 radical (unpaired) electrons. The van der Waals surface area contributed by atoms with Crippen molar-refractivity contribution >= 4 is 33.8 Å². The molecule has 1 aliphatic heterocycles. The van der Waals surface area contributed by atoms with E-state index in [2.05, 4.69) is 225 Å². The Morgan fingerprint density at radius 2 is 1.13 bits per heavy atom. The molecular formula is C78H56N6O2. The summed E-state index contributed by atoms with van der Waals surface area (Å²) < 4.78 is 14.3. The first kappa shape index (κ1) is 50.1. The van der Waals surface area contributed by atoms with Crippen LogP contribution in [0.1, 0.15) is 75.6 Å². The van der Waals surface area contributed by atoms with Crippen molar-refractivity contribution in [2.75, 3.05) is 0 Å². The molecule has 17 rings (SSSR count). The topological polar surface area (TPSA) is 99.7 Å². The minimum absolute atomic E-state index is 0.0282. The van der Waals surface area contributed by atoms with Gasteiger partial charge in [0.25, 0.3) is 0 Å². The van der Waals surface area contributed by atoms with Crippen LogP contribution in [0.2, 0.25) is 0 Å². The van der Waals surface area contributed by atoms with Crippen molar-refractivity contribution in [2.45, 2.75) is 43.1 Å². The molecule has 86 heavy (non-hydrogen) atoms. The second kappa shape index (κ2) is 20.7. The molecule has 7 atom stereocenters. The number of rotatable bonds is 9. The summed E-state index contributed by atoms with van der Waals surface area (Å²) in [4.78, 5) is 30.9. The lowest BCUT2D eigenvalue weighted by Crippen LogP contribution is -2.36. The molecule has 0 saturated heterocycles. The van der Waals surface area contributed by atoms with Crippen molar-refractivity contribution in [3.8, 4) is 62.7 Å². The second-order valence-electron chi connectivity index (χ2n) is 23.4. The van der Waals surface area contributed by atoms with Crippen molar-refractivity contribution in [2.24, 2.45) is 17.8 Å². The number of aryl methyl sites for hydroxylation is 1. The zero-order valence-corrected chi connectivity index (χ0v) is 47.0. The van der Waals surface area contributed by atoms with E-state index in [9.17, 15) is 0 Å². The number of aromatic nitrogens is 6. The fourth-order valence-corrected chi connectivity index (χ4v) is 14.0. The summed E-state index contributed by atoms with van der Waals surface area (Å²) in [7, 11) is 0. The van der Waals surface area contributed by atoms with Crippen LogP contribution >= 0.6 is 0 Å². The highest BCUT2D eigenvalue weighted by molar-refractivity contribution is 6.01. The Labute approximate surface area is 499 Å². The molecule has 4 heterocycles. The van der Waals surface area contributed by atoms with Gasteiger partial charge >= 0.3 is 0 Å². The highest BCUT2D eigenvalue weighted by atomic mass is 16.5. The molecule has 0 saturated carbocycles. The third-order valence-corrected chi connectivity index (χ3v) is 18.3. The van der Waals surface area contributed by atoms with Crippen molar-refractivity contribution in [1.82, 2.24) is 29.9 Å². The molecule has 10 aromatic rings. The number of ether oxygens (including phenoxy) is 1. The van der Waals surface area contributed by atoms with E-state index in [-0.39, 0.29) is 41.6 Å². The Morgan fingerprint density at radius 3 is 1.91 bits per heavy atom. The summed E-state index contributed by atoms with van der Waals surface area (Å²) >= 11 is 0. The smallest absolute Gasteiger partial charge is 0.164 e. The van der Waals surface area contributed by atoms with E-state index in [0.717, 1.165) is 86.5 Å².